The average Bonchev–Trinajstić information content (AvgIpc) is 2.35. The molecule has 5 nitrogen and oxygen atoms in total. The largest absolute Gasteiger partial charge is 0.480 e. The minimum Gasteiger partial charge on any atom is -0.480 e. The molecule has 1 aromatic rings. The molecule has 0 bridgehead atoms. The lowest BCUT2D eigenvalue weighted by Gasteiger charge is -2.01. The van der Waals surface area contributed by atoms with Gasteiger partial charge in [0.25, 0.3) is 0 Å². The van der Waals surface area contributed by atoms with Gasteiger partial charge in [0.05, 0.1) is 5.69 Å². The minimum atomic E-state index is -1.02. The zero-order valence-electron chi connectivity index (χ0n) is 6.21. The van der Waals surface area contributed by atoms with Crippen LogP contribution < -0.4 is 5.73 Å². The van der Waals surface area contributed by atoms with Crippen molar-refractivity contribution in [3.63, 3.8) is 0 Å². The summed E-state index contributed by atoms with van der Waals surface area (Å²) >= 11 is 3.95. The number of nitrogens with two attached hydrogens (primary N) is 1. The fourth-order valence-corrected chi connectivity index (χ4v) is 0.956. The fraction of sp³-hybridized carbons (Fsp3) is 0.333. The molecule has 0 radical (unpaired) electrons. The normalized spacial score (nSPS) is 12.8. The standard InChI is InChI=1S/C6H9N3O2S/c7-5(6(10)11)1-4-2-9(12)3-8-4/h2-3,5,12H,1,7H2,(H,10,11)/t5-/m0/s1. The van der Waals surface area contributed by atoms with Crippen molar-refractivity contribution in [3.05, 3.63) is 18.2 Å². The van der Waals surface area contributed by atoms with Crippen LogP contribution in [-0.4, -0.2) is 26.1 Å². The molecule has 0 saturated heterocycles. The van der Waals surface area contributed by atoms with Crippen LogP contribution in [0.4, 0.5) is 0 Å². The number of hydrogen-bond donors (Lipinski definition) is 3. The van der Waals surface area contributed by atoms with Crippen molar-refractivity contribution in [2.75, 3.05) is 0 Å². The first kappa shape index (κ1) is 9.08. The Balaban J connectivity index is 2.58. The van der Waals surface area contributed by atoms with Gasteiger partial charge >= 0.3 is 5.97 Å². The minimum absolute atomic E-state index is 0.225. The van der Waals surface area contributed by atoms with Crippen molar-refractivity contribution < 1.29 is 9.90 Å². The molecule has 0 aliphatic rings. The van der Waals surface area contributed by atoms with Crippen LogP contribution in [0.25, 0.3) is 0 Å². The summed E-state index contributed by atoms with van der Waals surface area (Å²) in [5.74, 6) is -1.02. The predicted octanol–water partition coefficient (Wildman–Crippen LogP) is -0.470. The highest BCUT2D eigenvalue weighted by Gasteiger charge is 2.13. The Bertz CT molecular complexity index is 286. The van der Waals surface area contributed by atoms with Gasteiger partial charge < -0.3 is 10.8 Å². The van der Waals surface area contributed by atoms with E-state index in [-0.39, 0.29) is 6.42 Å². The van der Waals surface area contributed by atoms with E-state index in [4.69, 9.17) is 10.8 Å². The first-order chi connectivity index (χ1) is 5.59. The van der Waals surface area contributed by atoms with E-state index < -0.39 is 12.0 Å². The van der Waals surface area contributed by atoms with Crippen LogP contribution in [0.3, 0.4) is 0 Å². The molecule has 66 valence electrons. The number of aliphatic carboxylic acids is 1. The van der Waals surface area contributed by atoms with Gasteiger partial charge in [0, 0.05) is 12.6 Å². The Morgan fingerprint density at radius 1 is 1.92 bits per heavy atom. The van der Waals surface area contributed by atoms with Gasteiger partial charge in [-0.25, -0.2) is 4.98 Å². The summed E-state index contributed by atoms with van der Waals surface area (Å²) in [5.41, 5.74) is 5.91. The first-order valence-electron chi connectivity index (χ1n) is 3.30. The quantitative estimate of drug-likeness (QED) is 0.559. The summed E-state index contributed by atoms with van der Waals surface area (Å²) in [4.78, 5) is 14.2. The maximum absolute atomic E-state index is 10.3. The van der Waals surface area contributed by atoms with Crippen molar-refractivity contribution in [3.8, 4) is 0 Å². The van der Waals surface area contributed by atoms with Gasteiger partial charge in [-0.15, -0.1) is 0 Å². The topological polar surface area (TPSA) is 81.1 Å². The number of aromatic nitrogens is 2. The molecule has 6 heteroatoms. The number of thiol groups is 1. The molecular formula is C6H9N3O2S. The molecule has 0 saturated carbocycles. The molecule has 1 rings (SSSR count). The number of rotatable bonds is 3. The number of carbonyl (C=O) groups is 1. The van der Waals surface area contributed by atoms with Crippen molar-refractivity contribution in [2.24, 2.45) is 5.73 Å². The van der Waals surface area contributed by atoms with Crippen LogP contribution in [0.5, 0.6) is 0 Å². The van der Waals surface area contributed by atoms with E-state index in [0.717, 1.165) is 0 Å². The van der Waals surface area contributed by atoms with E-state index in [2.05, 4.69) is 17.8 Å². The van der Waals surface area contributed by atoms with Crippen LogP contribution in [0.2, 0.25) is 0 Å². The van der Waals surface area contributed by atoms with Gasteiger partial charge in [-0.3, -0.25) is 8.77 Å². The number of carboxylic acid groups (broad SMARTS) is 1. The predicted molar refractivity (Wildman–Crippen MR) is 45.9 cm³/mol. The molecule has 0 fully saturated rings. The third-order valence-corrected chi connectivity index (χ3v) is 1.59. The van der Waals surface area contributed by atoms with Crippen LogP contribution in [0.1, 0.15) is 5.69 Å². The summed E-state index contributed by atoms with van der Waals surface area (Å²) in [6.07, 6.45) is 3.32. The highest BCUT2D eigenvalue weighted by atomic mass is 32.1. The number of nitrogens with zero attached hydrogens (tertiary/aromatic N) is 2. The Kier molecular flexibility index (Phi) is 2.72. The van der Waals surface area contributed by atoms with E-state index in [9.17, 15) is 4.79 Å². The van der Waals surface area contributed by atoms with E-state index in [1.165, 1.54) is 10.3 Å². The summed E-state index contributed by atoms with van der Waals surface area (Å²) in [6.45, 7) is 0. The fourth-order valence-electron chi connectivity index (χ4n) is 0.771. The summed E-state index contributed by atoms with van der Waals surface area (Å²) in [6, 6.07) is -0.895. The molecule has 0 aliphatic carbocycles. The van der Waals surface area contributed by atoms with E-state index in [1.807, 2.05) is 0 Å². The third kappa shape index (κ3) is 2.24. The van der Waals surface area contributed by atoms with Crippen molar-refractivity contribution in [1.82, 2.24) is 8.96 Å². The number of carboxylic acids is 1. The van der Waals surface area contributed by atoms with Gasteiger partial charge in [-0.2, -0.15) is 0 Å². The van der Waals surface area contributed by atoms with E-state index in [1.54, 1.807) is 6.20 Å². The van der Waals surface area contributed by atoms with E-state index >= 15 is 0 Å². The molecule has 3 N–H and O–H groups in total. The molecule has 0 unspecified atom stereocenters. The Hall–Kier alpha value is -1.01. The van der Waals surface area contributed by atoms with E-state index in [0.29, 0.717) is 5.69 Å². The van der Waals surface area contributed by atoms with Gasteiger partial charge in [0.2, 0.25) is 0 Å². The lowest BCUT2D eigenvalue weighted by atomic mass is 10.2. The lowest BCUT2D eigenvalue weighted by Crippen LogP contribution is -2.32. The monoisotopic (exact) mass is 187 g/mol. The smallest absolute Gasteiger partial charge is 0.320 e. The van der Waals surface area contributed by atoms with Crippen LogP contribution in [0.15, 0.2) is 12.5 Å². The van der Waals surface area contributed by atoms with Crippen molar-refractivity contribution in [2.45, 2.75) is 12.5 Å². The Morgan fingerprint density at radius 3 is 3.00 bits per heavy atom. The van der Waals surface area contributed by atoms with Crippen LogP contribution >= 0.6 is 12.8 Å². The zero-order chi connectivity index (χ0) is 9.14. The molecule has 0 aliphatic heterocycles. The average molecular weight is 187 g/mol. The number of imidazole rings is 1. The van der Waals surface area contributed by atoms with Crippen molar-refractivity contribution in [1.29, 1.82) is 0 Å². The van der Waals surface area contributed by atoms with Crippen molar-refractivity contribution >= 4 is 18.8 Å². The molecular weight excluding hydrogens is 178 g/mol. The summed E-state index contributed by atoms with van der Waals surface area (Å²) in [7, 11) is 0. The molecule has 1 heterocycles. The number of hydrogen-bond acceptors (Lipinski definition) is 4. The third-order valence-electron chi connectivity index (χ3n) is 1.37. The highest BCUT2D eigenvalue weighted by Crippen LogP contribution is 2.00. The molecule has 0 spiro atoms. The molecule has 0 aromatic carbocycles. The second kappa shape index (κ2) is 3.59. The lowest BCUT2D eigenvalue weighted by molar-refractivity contribution is -0.138. The SMILES string of the molecule is N[C@@H](Cc1cn(S)cn1)C(=O)O. The molecule has 12 heavy (non-hydrogen) atoms. The second-order valence-electron chi connectivity index (χ2n) is 2.39. The molecule has 0 amide bonds. The first-order valence-corrected chi connectivity index (χ1v) is 3.70. The van der Waals surface area contributed by atoms with Crippen LogP contribution in [-0.2, 0) is 11.2 Å². The van der Waals surface area contributed by atoms with Crippen LogP contribution in [0, 0.1) is 0 Å². The maximum Gasteiger partial charge on any atom is 0.320 e. The maximum atomic E-state index is 10.3. The Morgan fingerprint density at radius 2 is 2.58 bits per heavy atom. The van der Waals surface area contributed by atoms with Gasteiger partial charge in [0.1, 0.15) is 12.4 Å². The second-order valence-corrected chi connectivity index (χ2v) is 2.86. The Labute approximate surface area is 74.8 Å². The summed E-state index contributed by atoms with van der Waals surface area (Å²) in [5, 5.41) is 8.47. The molecule has 1 aromatic heterocycles. The van der Waals surface area contributed by atoms with Gasteiger partial charge in [-0.1, -0.05) is 12.8 Å². The van der Waals surface area contributed by atoms with Gasteiger partial charge in [0.15, 0.2) is 0 Å². The summed E-state index contributed by atoms with van der Waals surface area (Å²) < 4.78 is 1.45. The van der Waals surface area contributed by atoms with Gasteiger partial charge in [-0.05, 0) is 0 Å². The zero-order valence-corrected chi connectivity index (χ0v) is 7.11. The molecule has 1 atom stereocenters. The highest BCUT2D eigenvalue weighted by molar-refractivity contribution is 7.78.